The summed E-state index contributed by atoms with van der Waals surface area (Å²) in [5, 5.41) is 7.17. The Hall–Kier alpha value is -1.69. The third-order valence-corrected chi connectivity index (χ3v) is 4.29. The smallest absolute Gasteiger partial charge is 0.256 e. The second kappa shape index (κ2) is 6.60. The minimum absolute atomic E-state index is 0.0515. The third-order valence-electron chi connectivity index (χ3n) is 3.79. The first-order valence-electron chi connectivity index (χ1n) is 7.34. The van der Waals surface area contributed by atoms with Gasteiger partial charge in [0.25, 0.3) is 5.56 Å². The molecule has 0 saturated carbocycles. The fourth-order valence-corrected chi connectivity index (χ4v) is 3.11. The fraction of sp³-hybridized carbons (Fsp3) is 0.235. The van der Waals surface area contributed by atoms with Gasteiger partial charge >= 0.3 is 0 Å². The van der Waals surface area contributed by atoms with E-state index in [1.165, 1.54) is 0 Å². The summed E-state index contributed by atoms with van der Waals surface area (Å²) < 4.78 is 0.971. The van der Waals surface area contributed by atoms with E-state index in [1.54, 1.807) is 6.20 Å². The number of hydrogen-bond donors (Lipinski definition) is 3. The lowest BCUT2D eigenvalue weighted by Gasteiger charge is -2.11. The van der Waals surface area contributed by atoms with Crippen molar-refractivity contribution >= 4 is 37.5 Å². The van der Waals surface area contributed by atoms with Gasteiger partial charge in [0.05, 0.1) is 5.39 Å². The van der Waals surface area contributed by atoms with E-state index in [1.807, 2.05) is 24.3 Å². The zero-order chi connectivity index (χ0) is 15.5. The molecule has 1 heterocycles. The van der Waals surface area contributed by atoms with Crippen molar-refractivity contribution in [2.24, 2.45) is 5.73 Å². The number of nitrogens with two attached hydrogens (primary N) is 1. The summed E-state index contributed by atoms with van der Waals surface area (Å²) in [5.41, 5.74) is 6.60. The Morgan fingerprint density at radius 1 is 1.18 bits per heavy atom. The number of halogens is 1. The third kappa shape index (κ3) is 2.92. The van der Waals surface area contributed by atoms with E-state index in [-0.39, 0.29) is 5.56 Å². The van der Waals surface area contributed by atoms with Gasteiger partial charge in [-0.05, 0) is 65.5 Å². The van der Waals surface area contributed by atoms with Crippen molar-refractivity contribution in [2.75, 3.05) is 13.1 Å². The standard InChI is InChI=1S/C17H18BrN3O/c18-13-3-2-11-8-12(10-20-6-1-5-19)14-4-7-21-17(22)16(14)15(11)9-13/h2-4,7-9,20H,1,5-6,10,19H2,(H,21,22). The van der Waals surface area contributed by atoms with Crippen LogP contribution in [-0.2, 0) is 6.54 Å². The number of benzene rings is 2. The van der Waals surface area contributed by atoms with Crippen LogP contribution >= 0.6 is 15.9 Å². The Bertz CT molecular complexity index is 873. The Kier molecular flexibility index (Phi) is 4.57. The molecule has 0 atom stereocenters. The number of fused-ring (bicyclic) bond motifs is 3. The van der Waals surface area contributed by atoms with Gasteiger partial charge in [0.1, 0.15) is 0 Å². The molecule has 3 rings (SSSR count). The van der Waals surface area contributed by atoms with Crippen molar-refractivity contribution < 1.29 is 0 Å². The molecule has 4 nitrogen and oxygen atoms in total. The Labute approximate surface area is 136 Å². The average molecular weight is 360 g/mol. The molecule has 0 aliphatic heterocycles. The summed E-state index contributed by atoms with van der Waals surface area (Å²) in [5.74, 6) is 0. The quantitative estimate of drug-likeness (QED) is 0.484. The van der Waals surface area contributed by atoms with Crippen LogP contribution in [0.15, 0.2) is 45.8 Å². The van der Waals surface area contributed by atoms with Gasteiger partial charge in [0, 0.05) is 17.2 Å². The molecule has 0 aliphatic carbocycles. The lowest BCUT2D eigenvalue weighted by atomic mass is 9.98. The van der Waals surface area contributed by atoms with Crippen molar-refractivity contribution in [3.63, 3.8) is 0 Å². The number of H-pyrrole nitrogens is 1. The van der Waals surface area contributed by atoms with Gasteiger partial charge in [-0.1, -0.05) is 22.0 Å². The molecule has 2 aromatic carbocycles. The van der Waals surface area contributed by atoms with E-state index >= 15 is 0 Å². The number of hydrogen-bond acceptors (Lipinski definition) is 3. The Morgan fingerprint density at radius 3 is 2.86 bits per heavy atom. The van der Waals surface area contributed by atoms with Gasteiger partial charge in [-0.2, -0.15) is 0 Å². The Morgan fingerprint density at radius 2 is 2.05 bits per heavy atom. The number of rotatable bonds is 5. The monoisotopic (exact) mass is 359 g/mol. The number of pyridine rings is 1. The molecule has 1 aromatic heterocycles. The molecule has 0 fully saturated rings. The van der Waals surface area contributed by atoms with Crippen molar-refractivity contribution in [2.45, 2.75) is 13.0 Å². The number of nitrogens with one attached hydrogen (secondary N) is 2. The predicted octanol–water partition coefficient (Wildman–Crippen LogP) is 2.88. The summed E-state index contributed by atoms with van der Waals surface area (Å²) in [6, 6.07) is 10.2. The van der Waals surface area contributed by atoms with E-state index in [2.05, 4.69) is 32.3 Å². The zero-order valence-corrected chi connectivity index (χ0v) is 13.7. The maximum atomic E-state index is 12.3. The van der Waals surface area contributed by atoms with E-state index in [9.17, 15) is 4.79 Å². The minimum Gasteiger partial charge on any atom is -0.330 e. The first-order valence-corrected chi connectivity index (χ1v) is 8.13. The lowest BCUT2D eigenvalue weighted by molar-refractivity contribution is 0.658. The van der Waals surface area contributed by atoms with Crippen molar-refractivity contribution in [3.8, 4) is 0 Å². The summed E-state index contributed by atoms with van der Waals surface area (Å²) in [7, 11) is 0. The largest absolute Gasteiger partial charge is 0.330 e. The maximum Gasteiger partial charge on any atom is 0.256 e. The van der Waals surface area contributed by atoms with Crippen molar-refractivity contribution in [1.82, 2.24) is 10.3 Å². The molecule has 22 heavy (non-hydrogen) atoms. The molecule has 4 N–H and O–H groups in total. The normalized spacial score (nSPS) is 11.4. The van der Waals surface area contributed by atoms with Crippen LogP contribution in [0.5, 0.6) is 0 Å². The van der Waals surface area contributed by atoms with Gasteiger partial charge in [-0.25, -0.2) is 0 Å². The Balaban J connectivity index is 2.17. The highest BCUT2D eigenvalue weighted by Gasteiger charge is 2.09. The topological polar surface area (TPSA) is 70.9 Å². The van der Waals surface area contributed by atoms with Crippen LogP contribution in [0.2, 0.25) is 0 Å². The van der Waals surface area contributed by atoms with E-state index in [0.717, 1.165) is 51.1 Å². The predicted molar refractivity (Wildman–Crippen MR) is 95.2 cm³/mol. The van der Waals surface area contributed by atoms with Crippen molar-refractivity contribution in [3.05, 3.63) is 56.9 Å². The molecule has 0 unspecified atom stereocenters. The molecule has 0 bridgehead atoms. The van der Waals surface area contributed by atoms with Crippen LogP contribution in [0, 0.1) is 0 Å². The van der Waals surface area contributed by atoms with Crippen LogP contribution in [0.4, 0.5) is 0 Å². The van der Waals surface area contributed by atoms with E-state index in [0.29, 0.717) is 6.54 Å². The van der Waals surface area contributed by atoms with Crippen LogP contribution in [0.3, 0.4) is 0 Å². The molecule has 3 aromatic rings. The molecule has 0 aliphatic rings. The SMILES string of the molecule is NCCCNCc1cc2ccc(Br)cc2c2c(=O)[nH]ccc12. The van der Waals surface area contributed by atoms with Gasteiger partial charge in [-0.15, -0.1) is 0 Å². The molecule has 114 valence electrons. The van der Waals surface area contributed by atoms with Crippen molar-refractivity contribution in [1.29, 1.82) is 0 Å². The van der Waals surface area contributed by atoms with E-state index < -0.39 is 0 Å². The molecular formula is C17H18BrN3O. The first kappa shape index (κ1) is 15.2. The lowest BCUT2D eigenvalue weighted by Crippen LogP contribution is -2.18. The van der Waals surface area contributed by atoms with Gasteiger partial charge in [-0.3, -0.25) is 4.79 Å². The highest BCUT2D eigenvalue weighted by atomic mass is 79.9. The van der Waals surface area contributed by atoms with Crippen LogP contribution in [-0.4, -0.2) is 18.1 Å². The molecular weight excluding hydrogens is 342 g/mol. The number of aromatic amines is 1. The summed E-state index contributed by atoms with van der Waals surface area (Å²) in [4.78, 5) is 15.1. The molecule has 0 radical (unpaired) electrons. The van der Waals surface area contributed by atoms with Gasteiger partial charge in [0.2, 0.25) is 0 Å². The van der Waals surface area contributed by atoms with Gasteiger partial charge < -0.3 is 16.0 Å². The molecule has 0 saturated heterocycles. The fourth-order valence-electron chi connectivity index (χ4n) is 2.75. The van der Waals surface area contributed by atoms with Crippen LogP contribution in [0.1, 0.15) is 12.0 Å². The maximum absolute atomic E-state index is 12.3. The molecule has 5 heteroatoms. The minimum atomic E-state index is -0.0515. The highest BCUT2D eigenvalue weighted by Crippen LogP contribution is 2.28. The average Bonchev–Trinajstić information content (AvgIpc) is 2.52. The second-order valence-corrected chi connectivity index (χ2v) is 6.23. The highest BCUT2D eigenvalue weighted by molar-refractivity contribution is 9.10. The second-order valence-electron chi connectivity index (χ2n) is 5.32. The summed E-state index contributed by atoms with van der Waals surface area (Å²) >= 11 is 3.48. The molecule has 0 spiro atoms. The van der Waals surface area contributed by atoms with E-state index in [4.69, 9.17) is 5.73 Å². The summed E-state index contributed by atoms with van der Waals surface area (Å²) in [6.45, 7) is 2.28. The number of aromatic nitrogens is 1. The first-order chi connectivity index (χ1) is 10.7. The molecule has 0 amide bonds. The van der Waals surface area contributed by atoms with Gasteiger partial charge in [0.15, 0.2) is 0 Å². The van der Waals surface area contributed by atoms with Crippen LogP contribution in [0.25, 0.3) is 21.5 Å². The zero-order valence-electron chi connectivity index (χ0n) is 12.2. The van der Waals surface area contributed by atoms with Crippen LogP contribution < -0.4 is 16.6 Å². The summed E-state index contributed by atoms with van der Waals surface area (Å²) in [6.07, 6.45) is 2.65.